The van der Waals surface area contributed by atoms with Gasteiger partial charge in [-0.1, -0.05) is 87.0 Å². The van der Waals surface area contributed by atoms with Gasteiger partial charge >= 0.3 is 0 Å². The normalized spacial score (nSPS) is 11.9. The van der Waals surface area contributed by atoms with Crippen LogP contribution in [0.15, 0.2) is 78.6 Å². The van der Waals surface area contributed by atoms with Crippen LogP contribution in [0.4, 0.5) is 0 Å². The summed E-state index contributed by atoms with van der Waals surface area (Å²) in [4.78, 5) is 19.1. The molecule has 0 aliphatic heterocycles. The fraction of sp³-hybridized carbons (Fsp3) is 0.357. The zero-order valence-electron chi connectivity index (χ0n) is 21.1. The number of nitrogens with zero attached hydrogens (tertiary/aromatic N) is 3. The summed E-state index contributed by atoms with van der Waals surface area (Å²) >= 11 is 0. The molecule has 0 saturated carbocycles. The van der Waals surface area contributed by atoms with Crippen molar-refractivity contribution < 1.29 is 13.2 Å². The summed E-state index contributed by atoms with van der Waals surface area (Å²) in [7, 11) is -3.72. The van der Waals surface area contributed by atoms with Gasteiger partial charge < -0.3 is 9.47 Å². The molecule has 0 saturated heterocycles. The molecular formula is C28H35N3O3S. The van der Waals surface area contributed by atoms with E-state index in [1.54, 1.807) is 21.7 Å². The minimum atomic E-state index is -3.72. The van der Waals surface area contributed by atoms with E-state index in [1.165, 1.54) is 0 Å². The van der Waals surface area contributed by atoms with Crippen molar-refractivity contribution in [3.8, 4) is 0 Å². The van der Waals surface area contributed by atoms with Gasteiger partial charge in [-0.3, -0.25) is 4.79 Å². The summed E-state index contributed by atoms with van der Waals surface area (Å²) in [6.45, 7) is 12.8. The molecule has 0 aliphatic rings. The SMILES string of the molecule is C=CCN(Cc1cnc(S(=O)(=O)Cc2ccc(C)cc2)n1Cc1ccccc1)C(=O)CC(C)(C)C. The molecule has 0 fully saturated rings. The van der Waals surface area contributed by atoms with E-state index in [0.717, 1.165) is 11.1 Å². The zero-order valence-corrected chi connectivity index (χ0v) is 21.9. The van der Waals surface area contributed by atoms with Crippen LogP contribution in [0, 0.1) is 12.3 Å². The predicted octanol–water partition coefficient (Wildman–Crippen LogP) is 5.16. The average molecular weight is 494 g/mol. The first kappa shape index (κ1) is 26.4. The molecule has 2 aromatic carbocycles. The van der Waals surface area contributed by atoms with Gasteiger partial charge in [0.15, 0.2) is 0 Å². The Labute approximate surface area is 209 Å². The van der Waals surface area contributed by atoms with Crippen molar-refractivity contribution in [1.82, 2.24) is 14.5 Å². The van der Waals surface area contributed by atoms with Crippen LogP contribution in [0.5, 0.6) is 0 Å². The van der Waals surface area contributed by atoms with Crippen molar-refractivity contribution in [3.63, 3.8) is 0 Å². The Morgan fingerprint density at radius 3 is 2.31 bits per heavy atom. The monoisotopic (exact) mass is 493 g/mol. The second-order valence-electron chi connectivity index (χ2n) is 10.1. The molecule has 0 N–H and O–H groups in total. The highest BCUT2D eigenvalue weighted by atomic mass is 32.2. The fourth-order valence-electron chi connectivity index (χ4n) is 3.84. The molecule has 186 valence electrons. The minimum Gasteiger partial charge on any atom is -0.333 e. The molecule has 6 nitrogen and oxygen atoms in total. The first-order valence-electron chi connectivity index (χ1n) is 11.7. The van der Waals surface area contributed by atoms with Crippen LogP contribution in [0.3, 0.4) is 0 Å². The highest BCUT2D eigenvalue weighted by Crippen LogP contribution is 2.23. The number of hydrogen-bond donors (Lipinski definition) is 0. The number of carbonyl (C=O) groups is 1. The van der Waals surface area contributed by atoms with Crippen molar-refractivity contribution >= 4 is 15.7 Å². The third-order valence-electron chi connectivity index (χ3n) is 5.58. The van der Waals surface area contributed by atoms with Crippen LogP contribution in [0.1, 0.15) is 49.6 Å². The van der Waals surface area contributed by atoms with Crippen LogP contribution in [-0.2, 0) is 33.5 Å². The summed E-state index contributed by atoms with van der Waals surface area (Å²) in [5, 5.41) is 0.0127. The van der Waals surface area contributed by atoms with E-state index in [2.05, 4.69) is 11.6 Å². The number of hydrogen-bond acceptors (Lipinski definition) is 4. The smallest absolute Gasteiger partial charge is 0.228 e. The van der Waals surface area contributed by atoms with Crippen LogP contribution in [-0.4, -0.2) is 35.3 Å². The van der Waals surface area contributed by atoms with Crippen molar-refractivity contribution in [2.75, 3.05) is 6.54 Å². The van der Waals surface area contributed by atoms with E-state index in [9.17, 15) is 13.2 Å². The number of rotatable bonds is 10. The second-order valence-corrected chi connectivity index (χ2v) is 12.0. The molecule has 0 atom stereocenters. The van der Waals surface area contributed by atoms with E-state index < -0.39 is 9.84 Å². The number of aromatic nitrogens is 2. The van der Waals surface area contributed by atoms with E-state index in [4.69, 9.17) is 0 Å². The lowest BCUT2D eigenvalue weighted by Gasteiger charge is -2.26. The maximum absolute atomic E-state index is 13.5. The van der Waals surface area contributed by atoms with Crippen LogP contribution < -0.4 is 0 Å². The summed E-state index contributed by atoms with van der Waals surface area (Å²) in [6, 6.07) is 17.1. The maximum Gasteiger partial charge on any atom is 0.228 e. The quantitative estimate of drug-likeness (QED) is 0.366. The minimum absolute atomic E-state index is 0.00563. The van der Waals surface area contributed by atoms with E-state index >= 15 is 0 Å². The van der Waals surface area contributed by atoms with Crippen molar-refractivity contribution in [2.45, 2.75) is 58.1 Å². The highest BCUT2D eigenvalue weighted by molar-refractivity contribution is 7.90. The lowest BCUT2D eigenvalue weighted by molar-refractivity contribution is -0.133. The highest BCUT2D eigenvalue weighted by Gasteiger charge is 2.27. The Kier molecular flexibility index (Phi) is 8.33. The Morgan fingerprint density at radius 2 is 1.71 bits per heavy atom. The van der Waals surface area contributed by atoms with Gasteiger partial charge in [-0.05, 0) is 23.5 Å². The molecule has 0 aliphatic carbocycles. The molecule has 3 rings (SSSR count). The second kappa shape index (κ2) is 11.0. The van der Waals surface area contributed by atoms with E-state index in [0.29, 0.717) is 30.8 Å². The van der Waals surface area contributed by atoms with Crippen molar-refractivity contribution in [3.05, 3.63) is 95.8 Å². The largest absolute Gasteiger partial charge is 0.333 e. The summed E-state index contributed by atoms with van der Waals surface area (Å²) in [5.74, 6) is -0.147. The molecule has 0 unspecified atom stereocenters. The number of carbonyl (C=O) groups excluding carboxylic acids is 1. The Morgan fingerprint density at radius 1 is 1.06 bits per heavy atom. The zero-order chi connectivity index (χ0) is 25.6. The molecule has 1 aromatic heterocycles. The molecule has 1 heterocycles. The van der Waals surface area contributed by atoms with Crippen molar-refractivity contribution in [1.29, 1.82) is 0 Å². The van der Waals surface area contributed by atoms with Crippen LogP contribution >= 0.6 is 0 Å². The van der Waals surface area contributed by atoms with Gasteiger partial charge in [-0.15, -0.1) is 6.58 Å². The number of benzene rings is 2. The predicted molar refractivity (Wildman–Crippen MR) is 140 cm³/mol. The number of imidazole rings is 1. The van der Waals surface area contributed by atoms with Crippen molar-refractivity contribution in [2.24, 2.45) is 5.41 Å². The molecule has 0 bridgehead atoms. The standard InChI is InChI=1S/C28H35N3O3S/c1-6-16-30(26(32)17-28(3,4)5)20-25-18-29-27(31(25)19-23-10-8-7-9-11-23)35(33,34)21-24-14-12-22(2)13-15-24/h6-15,18H,1,16-17,19-21H2,2-5H3. The molecule has 0 spiro atoms. The molecular weight excluding hydrogens is 458 g/mol. The van der Waals surface area contributed by atoms with Crippen LogP contribution in [0.2, 0.25) is 0 Å². The molecule has 7 heteroatoms. The lowest BCUT2D eigenvalue weighted by atomic mass is 9.91. The summed E-state index contributed by atoms with van der Waals surface area (Å²) < 4.78 is 28.6. The lowest BCUT2D eigenvalue weighted by Crippen LogP contribution is -2.34. The fourth-order valence-corrected chi connectivity index (χ4v) is 5.33. The molecule has 1 amide bonds. The van der Waals surface area contributed by atoms with Gasteiger partial charge in [0.05, 0.1) is 30.7 Å². The van der Waals surface area contributed by atoms with E-state index in [1.807, 2.05) is 82.3 Å². The summed E-state index contributed by atoms with van der Waals surface area (Å²) in [6.07, 6.45) is 3.64. The molecule has 35 heavy (non-hydrogen) atoms. The topological polar surface area (TPSA) is 72.3 Å². The van der Waals surface area contributed by atoms with Gasteiger partial charge in [0, 0.05) is 13.0 Å². The maximum atomic E-state index is 13.5. The van der Waals surface area contributed by atoms with Gasteiger partial charge in [0.25, 0.3) is 0 Å². The first-order chi connectivity index (χ1) is 16.5. The van der Waals surface area contributed by atoms with E-state index in [-0.39, 0.29) is 28.8 Å². The van der Waals surface area contributed by atoms with Gasteiger partial charge in [0.1, 0.15) is 0 Å². The molecule has 3 aromatic rings. The Bertz CT molecular complexity index is 1260. The van der Waals surface area contributed by atoms with Crippen LogP contribution in [0.25, 0.3) is 0 Å². The third kappa shape index (κ3) is 7.39. The molecule has 0 radical (unpaired) electrons. The number of aryl methyl sites for hydroxylation is 1. The third-order valence-corrected chi connectivity index (χ3v) is 7.17. The Balaban J connectivity index is 1.99. The van der Waals surface area contributed by atoms with Gasteiger partial charge in [-0.2, -0.15) is 0 Å². The number of amides is 1. The average Bonchev–Trinajstić information content (AvgIpc) is 3.17. The number of sulfone groups is 1. The Hall–Kier alpha value is -3.19. The van der Waals surface area contributed by atoms with Gasteiger partial charge in [-0.25, -0.2) is 13.4 Å². The summed E-state index contributed by atoms with van der Waals surface area (Å²) in [5.41, 5.74) is 3.24. The van der Waals surface area contributed by atoms with Gasteiger partial charge in [0.2, 0.25) is 20.9 Å². The first-order valence-corrected chi connectivity index (χ1v) is 13.4.